The molecule has 0 heterocycles. The van der Waals surface area contributed by atoms with Crippen LogP contribution in [0.3, 0.4) is 0 Å². The lowest BCUT2D eigenvalue weighted by Gasteiger charge is -2.30. The molecule has 0 aromatic heterocycles. The number of carbonyl (C=O) groups is 1. The highest BCUT2D eigenvalue weighted by molar-refractivity contribution is 7.80. The van der Waals surface area contributed by atoms with E-state index in [1.165, 1.54) is 6.07 Å². The predicted molar refractivity (Wildman–Crippen MR) is 81.0 cm³/mol. The molecule has 1 unspecified atom stereocenters. The van der Waals surface area contributed by atoms with Gasteiger partial charge in [-0.1, -0.05) is 37.5 Å². The van der Waals surface area contributed by atoms with Crippen LogP contribution in [0.25, 0.3) is 0 Å². The van der Waals surface area contributed by atoms with Crippen molar-refractivity contribution >= 4 is 23.1 Å². The Morgan fingerprint density at radius 3 is 2.33 bits per heavy atom. The number of hydrogen-bond donors (Lipinski definition) is 2. The van der Waals surface area contributed by atoms with Crippen LogP contribution >= 0.6 is 12.2 Å². The lowest BCUT2D eigenvalue weighted by Crippen LogP contribution is -2.49. The molecular formula is C15H18F2N2OS. The van der Waals surface area contributed by atoms with Gasteiger partial charge in [0, 0.05) is 0 Å². The van der Waals surface area contributed by atoms with Crippen molar-refractivity contribution in [2.75, 3.05) is 0 Å². The van der Waals surface area contributed by atoms with Gasteiger partial charge in [-0.2, -0.15) is 0 Å². The Balaban J connectivity index is 2.16. The van der Waals surface area contributed by atoms with E-state index in [4.69, 9.17) is 18.0 Å². The Morgan fingerprint density at radius 1 is 1.24 bits per heavy atom. The largest absolute Gasteiger partial charge is 0.392 e. The molecule has 1 aliphatic rings. The number of carbonyl (C=O) groups excluding carboxylic acids is 1. The van der Waals surface area contributed by atoms with E-state index in [-0.39, 0.29) is 10.9 Å². The SMILES string of the molecule is NC(=S)C(NC(=O)c1c(F)cccc1F)C1CCCCC1. The Bertz CT molecular complexity index is 524. The predicted octanol–water partition coefficient (Wildman–Crippen LogP) is 2.93. The third kappa shape index (κ3) is 3.75. The second kappa shape index (κ2) is 6.93. The molecule has 1 aromatic rings. The normalized spacial score (nSPS) is 17.2. The Kier molecular flexibility index (Phi) is 5.22. The first-order valence-corrected chi connectivity index (χ1v) is 7.45. The minimum absolute atomic E-state index is 0.134. The molecule has 0 aliphatic heterocycles. The summed E-state index contributed by atoms with van der Waals surface area (Å²) in [5, 5.41) is 2.60. The fraction of sp³-hybridized carbons (Fsp3) is 0.467. The number of benzene rings is 1. The lowest BCUT2D eigenvalue weighted by molar-refractivity contribution is 0.0923. The first-order valence-electron chi connectivity index (χ1n) is 7.05. The van der Waals surface area contributed by atoms with Gasteiger partial charge in [-0.3, -0.25) is 4.79 Å². The number of nitrogens with two attached hydrogens (primary N) is 1. The molecule has 2 rings (SSSR count). The van der Waals surface area contributed by atoms with E-state index in [9.17, 15) is 13.6 Å². The van der Waals surface area contributed by atoms with E-state index < -0.39 is 29.1 Å². The van der Waals surface area contributed by atoms with Gasteiger partial charge < -0.3 is 11.1 Å². The second-order valence-corrected chi connectivity index (χ2v) is 5.82. The number of nitrogens with one attached hydrogen (secondary N) is 1. The van der Waals surface area contributed by atoms with E-state index in [2.05, 4.69) is 5.32 Å². The van der Waals surface area contributed by atoms with Crippen LogP contribution in [0, 0.1) is 17.6 Å². The summed E-state index contributed by atoms with van der Waals surface area (Å²) in [6.45, 7) is 0. The summed E-state index contributed by atoms with van der Waals surface area (Å²) in [4.78, 5) is 12.3. The summed E-state index contributed by atoms with van der Waals surface area (Å²) in [5.41, 5.74) is 5.11. The summed E-state index contributed by atoms with van der Waals surface area (Å²) >= 11 is 5.01. The monoisotopic (exact) mass is 312 g/mol. The summed E-state index contributed by atoms with van der Waals surface area (Å²) in [5.74, 6) is -2.46. The Morgan fingerprint density at radius 2 is 1.81 bits per heavy atom. The van der Waals surface area contributed by atoms with Gasteiger partial charge in [0.2, 0.25) is 0 Å². The van der Waals surface area contributed by atoms with Crippen LogP contribution in [-0.2, 0) is 0 Å². The van der Waals surface area contributed by atoms with E-state index in [0.29, 0.717) is 0 Å². The van der Waals surface area contributed by atoms with Crippen LogP contribution in [-0.4, -0.2) is 16.9 Å². The Labute approximate surface area is 127 Å². The molecule has 0 radical (unpaired) electrons. The number of thiocarbonyl (C=S) groups is 1. The number of hydrogen-bond acceptors (Lipinski definition) is 2. The maximum atomic E-state index is 13.6. The molecule has 1 aromatic carbocycles. The quantitative estimate of drug-likeness (QED) is 0.841. The van der Waals surface area contributed by atoms with Crippen molar-refractivity contribution in [1.29, 1.82) is 0 Å². The zero-order chi connectivity index (χ0) is 15.4. The van der Waals surface area contributed by atoms with Crippen molar-refractivity contribution in [1.82, 2.24) is 5.32 Å². The van der Waals surface area contributed by atoms with E-state index in [1.807, 2.05) is 0 Å². The van der Waals surface area contributed by atoms with E-state index in [0.717, 1.165) is 44.2 Å². The van der Waals surface area contributed by atoms with Gasteiger partial charge >= 0.3 is 0 Å². The van der Waals surface area contributed by atoms with Gasteiger partial charge in [-0.15, -0.1) is 0 Å². The molecule has 0 bridgehead atoms. The van der Waals surface area contributed by atoms with Crippen LogP contribution < -0.4 is 11.1 Å². The van der Waals surface area contributed by atoms with Crippen molar-refractivity contribution in [2.24, 2.45) is 11.7 Å². The Hall–Kier alpha value is -1.56. The van der Waals surface area contributed by atoms with Gasteiger partial charge in [0.25, 0.3) is 5.91 Å². The molecular weight excluding hydrogens is 294 g/mol. The highest BCUT2D eigenvalue weighted by Crippen LogP contribution is 2.27. The van der Waals surface area contributed by atoms with Crippen LogP contribution in [0.1, 0.15) is 42.5 Å². The molecule has 0 saturated heterocycles. The first kappa shape index (κ1) is 15.8. The minimum atomic E-state index is -0.891. The molecule has 3 nitrogen and oxygen atoms in total. The van der Waals surface area contributed by atoms with Gasteiger partial charge in [0.1, 0.15) is 17.2 Å². The summed E-state index contributed by atoms with van der Waals surface area (Å²) in [7, 11) is 0. The molecule has 1 atom stereocenters. The van der Waals surface area contributed by atoms with Gasteiger partial charge in [-0.25, -0.2) is 8.78 Å². The maximum Gasteiger partial charge on any atom is 0.257 e. The third-order valence-corrected chi connectivity index (χ3v) is 4.16. The van der Waals surface area contributed by atoms with Crippen molar-refractivity contribution in [2.45, 2.75) is 38.1 Å². The minimum Gasteiger partial charge on any atom is -0.392 e. The van der Waals surface area contributed by atoms with Crippen LogP contribution in [0.15, 0.2) is 18.2 Å². The van der Waals surface area contributed by atoms with Crippen molar-refractivity contribution in [3.8, 4) is 0 Å². The molecule has 21 heavy (non-hydrogen) atoms. The average Bonchev–Trinajstić information content (AvgIpc) is 2.45. The summed E-state index contributed by atoms with van der Waals surface area (Å²) in [6.07, 6.45) is 5.06. The van der Waals surface area contributed by atoms with E-state index in [1.54, 1.807) is 0 Å². The first-order chi connectivity index (χ1) is 10.0. The third-order valence-electron chi connectivity index (χ3n) is 3.90. The molecule has 6 heteroatoms. The fourth-order valence-electron chi connectivity index (χ4n) is 2.82. The molecule has 1 amide bonds. The second-order valence-electron chi connectivity index (χ2n) is 5.35. The van der Waals surface area contributed by atoms with Gasteiger partial charge in [-0.05, 0) is 30.9 Å². The highest BCUT2D eigenvalue weighted by Gasteiger charge is 2.29. The van der Waals surface area contributed by atoms with E-state index >= 15 is 0 Å². The lowest BCUT2D eigenvalue weighted by atomic mass is 9.83. The molecule has 114 valence electrons. The van der Waals surface area contributed by atoms with Crippen molar-refractivity contribution < 1.29 is 13.6 Å². The average molecular weight is 312 g/mol. The van der Waals surface area contributed by atoms with Crippen LogP contribution in [0.2, 0.25) is 0 Å². The zero-order valence-corrected chi connectivity index (χ0v) is 12.4. The fourth-order valence-corrected chi connectivity index (χ4v) is 3.07. The smallest absolute Gasteiger partial charge is 0.257 e. The van der Waals surface area contributed by atoms with Gasteiger partial charge in [0.05, 0.1) is 11.0 Å². The molecule has 1 fully saturated rings. The van der Waals surface area contributed by atoms with Crippen LogP contribution in [0.4, 0.5) is 8.78 Å². The highest BCUT2D eigenvalue weighted by atomic mass is 32.1. The zero-order valence-electron chi connectivity index (χ0n) is 11.6. The molecule has 1 aliphatic carbocycles. The van der Waals surface area contributed by atoms with Crippen molar-refractivity contribution in [3.05, 3.63) is 35.4 Å². The standard InChI is InChI=1S/C15H18F2N2OS/c16-10-7-4-8-11(17)12(10)15(20)19-13(14(18)21)9-5-2-1-3-6-9/h4,7-9,13H,1-3,5-6H2,(H2,18,21)(H,19,20). The van der Waals surface area contributed by atoms with Crippen molar-refractivity contribution in [3.63, 3.8) is 0 Å². The number of halogens is 2. The maximum absolute atomic E-state index is 13.6. The number of rotatable bonds is 4. The molecule has 3 N–H and O–H groups in total. The summed E-state index contributed by atoms with van der Waals surface area (Å²) in [6, 6.07) is 2.79. The molecule has 1 saturated carbocycles. The van der Waals surface area contributed by atoms with Crippen LogP contribution in [0.5, 0.6) is 0 Å². The summed E-state index contributed by atoms with van der Waals surface area (Å²) < 4.78 is 27.3. The number of amides is 1. The van der Waals surface area contributed by atoms with Gasteiger partial charge in [0.15, 0.2) is 0 Å². The molecule has 0 spiro atoms. The topological polar surface area (TPSA) is 55.1 Å².